The van der Waals surface area contributed by atoms with Crippen LogP contribution in [0, 0.1) is 24.2 Å². The van der Waals surface area contributed by atoms with Crippen LogP contribution in [-0.2, 0) is 0 Å². The number of ether oxygens (including phenoxy) is 1. The van der Waals surface area contributed by atoms with Crippen molar-refractivity contribution in [3.05, 3.63) is 23.4 Å². The number of aromatic nitrogens is 1. The summed E-state index contributed by atoms with van der Waals surface area (Å²) >= 11 is 0. The molecule has 0 N–H and O–H groups in total. The average molecular weight is 202 g/mol. The van der Waals surface area contributed by atoms with Crippen molar-refractivity contribution in [2.24, 2.45) is 5.92 Å². The maximum atomic E-state index is 8.88. The minimum atomic E-state index is 0.490. The number of aryl methyl sites for hydroxylation is 1. The summed E-state index contributed by atoms with van der Waals surface area (Å²) in [6, 6.07) is 5.69. The second-order valence-corrected chi connectivity index (χ2v) is 4.03. The molecule has 0 aliphatic heterocycles. The van der Waals surface area contributed by atoms with Crippen molar-refractivity contribution in [2.75, 3.05) is 6.61 Å². The summed E-state index contributed by atoms with van der Waals surface area (Å²) < 4.78 is 5.58. The minimum Gasteiger partial charge on any atom is -0.476 e. The van der Waals surface area contributed by atoms with Crippen LogP contribution in [0.25, 0.3) is 0 Å². The van der Waals surface area contributed by atoms with Crippen LogP contribution in [0.15, 0.2) is 12.1 Å². The Kier molecular flexibility index (Phi) is 2.86. The Balaban J connectivity index is 2.05. The van der Waals surface area contributed by atoms with Gasteiger partial charge < -0.3 is 4.74 Å². The zero-order valence-corrected chi connectivity index (χ0v) is 8.86. The molecular weight excluding hydrogens is 188 g/mol. The maximum absolute atomic E-state index is 8.88. The molecule has 1 fully saturated rings. The highest BCUT2D eigenvalue weighted by Gasteiger charge is 2.18. The summed E-state index contributed by atoms with van der Waals surface area (Å²) in [5.74, 6) is 1.16. The van der Waals surface area contributed by atoms with Gasteiger partial charge in [-0.25, -0.2) is 4.98 Å². The first kappa shape index (κ1) is 9.97. The molecule has 0 radical (unpaired) electrons. The fourth-order valence-corrected chi connectivity index (χ4v) is 1.58. The zero-order valence-electron chi connectivity index (χ0n) is 8.86. The third-order valence-corrected chi connectivity index (χ3v) is 2.80. The van der Waals surface area contributed by atoms with Crippen LogP contribution in [0.3, 0.4) is 0 Å². The molecule has 0 spiro atoms. The van der Waals surface area contributed by atoms with Crippen LogP contribution in [0.2, 0.25) is 0 Å². The van der Waals surface area contributed by atoms with Gasteiger partial charge in [0.15, 0.2) is 0 Å². The number of rotatable bonds is 3. The van der Waals surface area contributed by atoms with Gasteiger partial charge in [-0.05, 0) is 37.8 Å². The van der Waals surface area contributed by atoms with Crippen LogP contribution in [0.1, 0.15) is 30.5 Å². The van der Waals surface area contributed by atoms with Gasteiger partial charge >= 0.3 is 0 Å². The van der Waals surface area contributed by atoms with Gasteiger partial charge in [-0.15, -0.1) is 0 Å². The third kappa shape index (κ3) is 2.27. The van der Waals surface area contributed by atoms with Gasteiger partial charge in [0.25, 0.3) is 0 Å². The molecule has 1 saturated carbocycles. The van der Waals surface area contributed by atoms with E-state index in [2.05, 4.69) is 11.1 Å². The predicted molar refractivity (Wildman–Crippen MR) is 56.5 cm³/mol. The zero-order chi connectivity index (χ0) is 10.7. The first-order valence-corrected chi connectivity index (χ1v) is 5.30. The van der Waals surface area contributed by atoms with E-state index in [9.17, 15) is 0 Å². The molecule has 0 atom stereocenters. The first-order chi connectivity index (χ1) is 7.29. The molecule has 15 heavy (non-hydrogen) atoms. The van der Waals surface area contributed by atoms with E-state index in [4.69, 9.17) is 10.00 Å². The minimum absolute atomic E-state index is 0.490. The predicted octanol–water partition coefficient (Wildman–Crippen LogP) is 2.44. The second kappa shape index (κ2) is 4.31. The molecule has 3 heteroatoms. The molecule has 1 aromatic rings. The Morgan fingerprint density at radius 3 is 2.93 bits per heavy atom. The monoisotopic (exact) mass is 202 g/mol. The van der Waals surface area contributed by atoms with Crippen LogP contribution < -0.4 is 4.74 Å². The van der Waals surface area contributed by atoms with E-state index < -0.39 is 0 Å². The summed E-state index contributed by atoms with van der Waals surface area (Å²) in [6.45, 7) is 2.60. The number of hydrogen-bond acceptors (Lipinski definition) is 3. The number of pyridine rings is 1. The fraction of sp³-hybridized carbons (Fsp3) is 0.500. The number of nitriles is 1. The van der Waals surface area contributed by atoms with Gasteiger partial charge in [0.1, 0.15) is 11.6 Å². The molecule has 2 rings (SSSR count). The maximum Gasteiger partial charge on any atom is 0.231 e. The molecule has 0 aromatic carbocycles. The van der Waals surface area contributed by atoms with E-state index in [1.807, 2.05) is 13.0 Å². The van der Waals surface area contributed by atoms with E-state index in [1.165, 1.54) is 19.3 Å². The highest BCUT2D eigenvalue weighted by Crippen LogP contribution is 2.27. The SMILES string of the molecule is Cc1ccc(C#N)c(OCC2CCC2)n1. The molecule has 1 heterocycles. The first-order valence-electron chi connectivity index (χ1n) is 5.30. The lowest BCUT2D eigenvalue weighted by Crippen LogP contribution is -2.20. The molecule has 0 bridgehead atoms. The van der Waals surface area contributed by atoms with E-state index in [0.717, 1.165) is 5.69 Å². The lowest BCUT2D eigenvalue weighted by molar-refractivity contribution is 0.175. The van der Waals surface area contributed by atoms with E-state index >= 15 is 0 Å². The van der Waals surface area contributed by atoms with Crippen molar-refractivity contribution in [3.8, 4) is 11.9 Å². The number of hydrogen-bond donors (Lipinski definition) is 0. The highest BCUT2D eigenvalue weighted by atomic mass is 16.5. The average Bonchev–Trinajstić information content (AvgIpc) is 2.16. The highest BCUT2D eigenvalue weighted by molar-refractivity contribution is 5.38. The summed E-state index contributed by atoms with van der Waals surface area (Å²) in [5.41, 5.74) is 1.41. The molecule has 1 aromatic heterocycles. The summed E-state index contributed by atoms with van der Waals surface area (Å²) in [4.78, 5) is 4.23. The third-order valence-electron chi connectivity index (χ3n) is 2.80. The largest absolute Gasteiger partial charge is 0.476 e. The van der Waals surface area contributed by atoms with Crippen LogP contribution >= 0.6 is 0 Å². The van der Waals surface area contributed by atoms with Gasteiger partial charge in [0.05, 0.1) is 6.61 Å². The summed E-state index contributed by atoms with van der Waals surface area (Å²) in [7, 11) is 0. The Morgan fingerprint density at radius 2 is 2.33 bits per heavy atom. The molecule has 3 nitrogen and oxygen atoms in total. The quantitative estimate of drug-likeness (QED) is 0.756. The number of nitrogens with zero attached hydrogens (tertiary/aromatic N) is 2. The van der Waals surface area contributed by atoms with Gasteiger partial charge in [-0.1, -0.05) is 6.42 Å². The molecule has 0 unspecified atom stereocenters. The summed E-state index contributed by atoms with van der Waals surface area (Å²) in [5, 5.41) is 8.88. The Bertz CT molecular complexity index is 391. The van der Waals surface area contributed by atoms with Crippen molar-refractivity contribution < 1.29 is 4.74 Å². The fourth-order valence-electron chi connectivity index (χ4n) is 1.58. The normalized spacial score (nSPS) is 15.5. The van der Waals surface area contributed by atoms with E-state index in [1.54, 1.807) is 6.07 Å². The summed E-state index contributed by atoms with van der Waals surface area (Å²) in [6.07, 6.45) is 3.79. The smallest absolute Gasteiger partial charge is 0.231 e. The van der Waals surface area contributed by atoms with Crippen molar-refractivity contribution in [1.29, 1.82) is 5.26 Å². The standard InChI is InChI=1S/C12H14N2O/c1-9-5-6-11(7-13)12(14-9)15-8-10-3-2-4-10/h5-6,10H,2-4,8H2,1H3. The molecule has 0 amide bonds. The van der Waals surface area contributed by atoms with Gasteiger partial charge in [0.2, 0.25) is 5.88 Å². The van der Waals surface area contributed by atoms with Crippen LogP contribution in [0.4, 0.5) is 0 Å². The van der Waals surface area contributed by atoms with Gasteiger partial charge in [-0.2, -0.15) is 5.26 Å². The van der Waals surface area contributed by atoms with Crippen molar-refractivity contribution in [2.45, 2.75) is 26.2 Å². The van der Waals surface area contributed by atoms with Crippen LogP contribution in [0.5, 0.6) is 5.88 Å². The van der Waals surface area contributed by atoms with E-state index in [-0.39, 0.29) is 0 Å². The van der Waals surface area contributed by atoms with Crippen molar-refractivity contribution >= 4 is 0 Å². The van der Waals surface area contributed by atoms with E-state index in [0.29, 0.717) is 24.0 Å². The van der Waals surface area contributed by atoms with Crippen LogP contribution in [-0.4, -0.2) is 11.6 Å². The molecular formula is C12H14N2O. The van der Waals surface area contributed by atoms with Gasteiger partial charge in [0, 0.05) is 5.69 Å². The van der Waals surface area contributed by atoms with Crippen molar-refractivity contribution in [1.82, 2.24) is 4.98 Å². The Hall–Kier alpha value is -1.56. The second-order valence-electron chi connectivity index (χ2n) is 4.03. The van der Waals surface area contributed by atoms with Crippen molar-refractivity contribution in [3.63, 3.8) is 0 Å². The molecule has 1 aliphatic rings. The van der Waals surface area contributed by atoms with Gasteiger partial charge in [-0.3, -0.25) is 0 Å². The molecule has 78 valence electrons. The molecule has 1 aliphatic carbocycles. The topological polar surface area (TPSA) is 45.9 Å². The Labute approximate surface area is 89.7 Å². The lowest BCUT2D eigenvalue weighted by Gasteiger charge is -2.24. The molecule has 0 saturated heterocycles. The lowest BCUT2D eigenvalue weighted by atomic mass is 9.86. The Morgan fingerprint density at radius 1 is 1.53 bits per heavy atom.